The van der Waals surface area contributed by atoms with E-state index in [0.29, 0.717) is 13.0 Å². The quantitative estimate of drug-likeness (QED) is 0.479. The summed E-state index contributed by atoms with van der Waals surface area (Å²) in [5, 5.41) is 0. The summed E-state index contributed by atoms with van der Waals surface area (Å²) in [4.78, 5) is 19.4. The Morgan fingerprint density at radius 2 is 1.93 bits per heavy atom. The number of carbonyl (C=O) groups excluding carboxylic acids is 1. The lowest BCUT2D eigenvalue weighted by molar-refractivity contribution is -0.131. The molecule has 158 valence electrons. The van der Waals surface area contributed by atoms with Crippen LogP contribution in [0, 0.1) is 6.92 Å². The molecule has 2 heterocycles. The lowest BCUT2D eigenvalue weighted by atomic mass is 10.2. The lowest BCUT2D eigenvalue weighted by Crippen LogP contribution is -2.31. The van der Waals surface area contributed by atoms with Crippen LogP contribution in [0.1, 0.15) is 56.5 Å². The zero-order valence-electron chi connectivity index (χ0n) is 18.0. The molecule has 1 fully saturated rings. The second-order valence-electron chi connectivity index (χ2n) is 8.03. The predicted octanol–water partition coefficient (Wildman–Crippen LogP) is 5.28. The van der Waals surface area contributed by atoms with E-state index < -0.39 is 0 Å². The fraction of sp³-hybridized carbons (Fsp3) is 0.440. The highest BCUT2D eigenvalue weighted by molar-refractivity contribution is 5.78. The number of rotatable bonds is 8. The van der Waals surface area contributed by atoms with Crippen LogP contribution in [0.15, 0.2) is 48.5 Å². The number of ether oxygens (including phenoxy) is 1. The van der Waals surface area contributed by atoms with Gasteiger partial charge in [0, 0.05) is 19.5 Å². The molecule has 1 amide bonds. The summed E-state index contributed by atoms with van der Waals surface area (Å²) >= 11 is 0. The van der Waals surface area contributed by atoms with E-state index in [2.05, 4.69) is 35.8 Å². The number of nitrogens with zero attached hydrogens (tertiary/aromatic N) is 3. The summed E-state index contributed by atoms with van der Waals surface area (Å²) in [5.74, 6) is 2.23. The third-order valence-electron chi connectivity index (χ3n) is 5.98. The number of imidazole rings is 1. The van der Waals surface area contributed by atoms with Gasteiger partial charge in [-0.2, -0.15) is 0 Å². The lowest BCUT2D eigenvalue weighted by Gasteiger charge is -2.25. The van der Waals surface area contributed by atoms with Crippen LogP contribution in [-0.4, -0.2) is 33.5 Å². The van der Waals surface area contributed by atoms with Gasteiger partial charge < -0.3 is 14.2 Å². The Balaban J connectivity index is 1.47. The Bertz CT molecular complexity index is 1010. The highest BCUT2D eigenvalue weighted by atomic mass is 16.5. The second-order valence-corrected chi connectivity index (χ2v) is 8.03. The summed E-state index contributed by atoms with van der Waals surface area (Å²) in [6.45, 7) is 6.44. The maximum absolute atomic E-state index is 12.5. The molecule has 2 aromatic carbocycles. The van der Waals surface area contributed by atoms with Crippen LogP contribution in [-0.2, 0) is 11.3 Å². The van der Waals surface area contributed by atoms with Gasteiger partial charge in [-0.15, -0.1) is 0 Å². The zero-order chi connectivity index (χ0) is 20.9. The molecule has 0 aliphatic carbocycles. The van der Waals surface area contributed by atoms with Crippen molar-refractivity contribution in [1.29, 1.82) is 0 Å². The zero-order valence-corrected chi connectivity index (χ0v) is 18.0. The fourth-order valence-electron chi connectivity index (χ4n) is 4.39. The van der Waals surface area contributed by atoms with E-state index in [-0.39, 0.29) is 11.9 Å². The van der Waals surface area contributed by atoms with Crippen molar-refractivity contribution in [2.45, 2.75) is 58.5 Å². The first-order valence-corrected chi connectivity index (χ1v) is 11.1. The van der Waals surface area contributed by atoms with Crippen LogP contribution in [0.2, 0.25) is 0 Å². The number of aryl methyl sites for hydroxylation is 2. The SMILES string of the molecule is CCC(=O)N1CCCC1c1nc2ccccc2n1CCCCOc1ccccc1C. The molecule has 5 nitrogen and oxygen atoms in total. The average Bonchev–Trinajstić information content (AvgIpc) is 3.39. The number of amides is 1. The number of aromatic nitrogens is 2. The topological polar surface area (TPSA) is 47.4 Å². The standard InChI is InChI=1S/C25H31N3O2/c1-3-24(29)27-17-10-14-22(27)25-26-20-12-5-6-13-21(20)28(25)16-8-9-18-30-23-15-7-4-11-19(23)2/h4-7,11-13,15,22H,3,8-10,14,16-18H2,1-2H3. The van der Waals surface area contributed by atoms with Crippen molar-refractivity contribution in [3.8, 4) is 5.75 Å². The molecule has 3 aromatic rings. The minimum Gasteiger partial charge on any atom is -0.493 e. The monoisotopic (exact) mass is 405 g/mol. The molecule has 0 radical (unpaired) electrons. The first-order valence-electron chi connectivity index (χ1n) is 11.1. The Labute approximate surface area is 178 Å². The molecule has 5 heteroatoms. The van der Waals surface area contributed by atoms with Crippen molar-refractivity contribution in [3.05, 3.63) is 59.9 Å². The molecule has 0 N–H and O–H groups in total. The molecule has 1 atom stereocenters. The van der Waals surface area contributed by atoms with E-state index in [0.717, 1.165) is 61.4 Å². The molecule has 4 rings (SSSR count). The largest absolute Gasteiger partial charge is 0.493 e. The number of likely N-dealkylation sites (tertiary alicyclic amines) is 1. The Kier molecular flexibility index (Phi) is 6.36. The predicted molar refractivity (Wildman–Crippen MR) is 120 cm³/mol. The smallest absolute Gasteiger partial charge is 0.222 e. The van der Waals surface area contributed by atoms with Gasteiger partial charge in [0.2, 0.25) is 5.91 Å². The molecule has 1 aliphatic heterocycles. The summed E-state index contributed by atoms with van der Waals surface area (Å²) in [6, 6.07) is 16.5. The van der Waals surface area contributed by atoms with Crippen LogP contribution < -0.4 is 4.74 Å². The third-order valence-corrected chi connectivity index (χ3v) is 5.98. The maximum Gasteiger partial charge on any atom is 0.222 e. The van der Waals surface area contributed by atoms with Gasteiger partial charge in [0.05, 0.1) is 23.7 Å². The number of unbranched alkanes of at least 4 members (excludes halogenated alkanes) is 1. The van der Waals surface area contributed by atoms with E-state index in [1.54, 1.807) is 0 Å². The van der Waals surface area contributed by atoms with E-state index in [1.165, 1.54) is 5.56 Å². The molecule has 1 aromatic heterocycles. The highest BCUT2D eigenvalue weighted by Gasteiger charge is 2.32. The first kappa shape index (κ1) is 20.5. The number of carbonyl (C=O) groups is 1. The molecule has 1 saturated heterocycles. The Morgan fingerprint density at radius 3 is 2.77 bits per heavy atom. The number of hydrogen-bond donors (Lipinski definition) is 0. The second kappa shape index (κ2) is 9.33. The fourth-order valence-corrected chi connectivity index (χ4v) is 4.39. The van der Waals surface area contributed by atoms with Gasteiger partial charge >= 0.3 is 0 Å². The van der Waals surface area contributed by atoms with Crippen molar-refractivity contribution < 1.29 is 9.53 Å². The Hall–Kier alpha value is -2.82. The minimum absolute atomic E-state index is 0.0908. The molecule has 30 heavy (non-hydrogen) atoms. The number of hydrogen-bond acceptors (Lipinski definition) is 3. The van der Waals surface area contributed by atoms with Gasteiger partial charge in [-0.3, -0.25) is 4.79 Å². The van der Waals surface area contributed by atoms with Crippen molar-refractivity contribution >= 4 is 16.9 Å². The number of fused-ring (bicyclic) bond motifs is 1. The Morgan fingerprint density at radius 1 is 1.13 bits per heavy atom. The average molecular weight is 406 g/mol. The normalized spacial score (nSPS) is 16.3. The molecule has 1 aliphatic rings. The van der Waals surface area contributed by atoms with Gasteiger partial charge in [0.1, 0.15) is 11.6 Å². The van der Waals surface area contributed by atoms with Crippen molar-refractivity contribution in [1.82, 2.24) is 14.5 Å². The van der Waals surface area contributed by atoms with E-state index in [1.807, 2.05) is 36.1 Å². The van der Waals surface area contributed by atoms with Crippen LogP contribution in [0.3, 0.4) is 0 Å². The van der Waals surface area contributed by atoms with Gasteiger partial charge in [-0.05, 0) is 56.4 Å². The summed E-state index contributed by atoms with van der Waals surface area (Å²) in [7, 11) is 0. The molecule has 0 bridgehead atoms. The van der Waals surface area contributed by atoms with Crippen LogP contribution in [0.4, 0.5) is 0 Å². The minimum atomic E-state index is 0.0908. The number of para-hydroxylation sites is 3. The van der Waals surface area contributed by atoms with Gasteiger partial charge in [0.15, 0.2) is 0 Å². The van der Waals surface area contributed by atoms with Crippen molar-refractivity contribution in [3.63, 3.8) is 0 Å². The maximum atomic E-state index is 12.5. The van der Waals surface area contributed by atoms with Crippen molar-refractivity contribution in [2.75, 3.05) is 13.2 Å². The van der Waals surface area contributed by atoms with E-state index in [9.17, 15) is 4.79 Å². The molecular weight excluding hydrogens is 374 g/mol. The highest BCUT2D eigenvalue weighted by Crippen LogP contribution is 2.34. The van der Waals surface area contributed by atoms with Gasteiger partial charge in [-0.25, -0.2) is 4.98 Å². The van der Waals surface area contributed by atoms with Gasteiger partial charge in [0.25, 0.3) is 0 Å². The van der Waals surface area contributed by atoms with Crippen LogP contribution >= 0.6 is 0 Å². The van der Waals surface area contributed by atoms with E-state index >= 15 is 0 Å². The van der Waals surface area contributed by atoms with Crippen LogP contribution in [0.25, 0.3) is 11.0 Å². The van der Waals surface area contributed by atoms with Gasteiger partial charge in [-0.1, -0.05) is 37.3 Å². The third kappa shape index (κ3) is 4.20. The summed E-state index contributed by atoms with van der Waals surface area (Å²) < 4.78 is 8.29. The summed E-state index contributed by atoms with van der Waals surface area (Å²) in [6.07, 6.45) is 4.57. The van der Waals surface area contributed by atoms with E-state index in [4.69, 9.17) is 9.72 Å². The molecular formula is C25H31N3O2. The first-order chi connectivity index (χ1) is 14.7. The summed E-state index contributed by atoms with van der Waals surface area (Å²) in [5.41, 5.74) is 3.34. The van der Waals surface area contributed by atoms with Crippen LogP contribution in [0.5, 0.6) is 5.75 Å². The molecule has 0 saturated carbocycles. The number of benzene rings is 2. The van der Waals surface area contributed by atoms with Crippen molar-refractivity contribution in [2.24, 2.45) is 0 Å². The molecule has 0 spiro atoms. The molecule has 1 unspecified atom stereocenters.